The third-order valence-electron chi connectivity index (χ3n) is 7.11. The molecular formula is C26H28F4N4O8S. The number of aromatic amines is 1. The number of amides is 1. The monoisotopic (exact) mass is 632 g/mol. The minimum absolute atomic E-state index is 0.0672. The van der Waals surface area contributed by atoms with E-state index in [1.54, 1.807) is 13.8 Å². The molecule has 43 heavy (non-hydrogen) atoms. The van der Waals surface area contributed by atoms with Crippen molar-refractivity contribution in [2.24, 2.45) is 0 Å². The van der Waals surface area contributed by atoms with E-state index in [0.717, 1.165) is 47.8 Å². The fourth-order valence-electron chi connectivity index (χ4n) is 4.69. The van der Waals surface area contributed by atoms with Crippen LogP contribution in [0.1, 0.15) is 39.9 Å². The lowest BCUT2D eigenvalue weighted by Crippen LogP contribution is -2.57. The molecular weight excluding hydrogens is 604 g/mol. The number of halogens is 4. The van der Waals surface area contributed by atoms with Crippen LogP contribution in [0.25, 0.3) is 0 Å². The van der Waals surface area contributed by atoms with Crippen molar-refractivity contribution < 1.29 is 49.9 Å². The van der Waals surface area contributed by atoms with Gasteiger partial charge in [0.1, 0.15) is 17.4 Å². The van der Waals surface area contributed by atoms with Crippen LogP contribution in [0.2, 0.25) is 0 Å². The molecule has 12 nitrogen and oxygen atoms in total. The van der Waals surface area contributed by atoms with Crippen LogP contribution >= 0.6 is 0 Å². The number of benzene rings is 2. The number of H-pyrrole nitrogens is 1. The molecule has 0 saturated heterocycles. The van der Waals surface area contributed by atoms with E-state index >= 15 is 0 Å². The number of fused-ring (bicyclic) bond motifs is 1. The topological polar surface area (TPSA) is 155 Å². The molecule has 0 aliphatic carbocycles. The average molecular weight is 633 g/mol. The SMILES string of the molecule is COc1cc(S(=O)(=O)N2C[C@H](CC(C)(C)c3noc(=O)[nH]3)Oc3ccc(N(C(=O)O)C(C)(C)C(F)(F)F)cc32)ccc1F. The quantitative estimate of drug-likeness (QED) is 0.337. The summed E-state index contributed by atoms with van der Waals surface area (Å²) in [5, 5.41) is 13.5. The smallest absolute Gasteiger partial charge is 0.438 e. The van der Waals surface area contributed by atoms with Gasteiger partial charge in [0.05, 0.1) is 29.9 Å². The molecule has 2 aromatic carbocycles. The standard InChI is InChI=1S/C26H28F4N4O8S/c1-24(2,21-31-22(35)42-32-21)12-15-13-33(43(38,39)16-7-8-17(27)20(11-16)40-5)18-10-14(6-9-19(18)41-15)34(23(36)37)25(3,4)26(28,29)30/h6-11,15H,12-13H2,1-5H3,(H,36,37)(H,31,32,35)/t15-/m0/s1. The highest BCUT2D eigenvalue weighted by Gasteiger charge is 2.54. The molecule has 2 heterocycles. The van der Waals surface area contributed by atoms with Crippen molar-refractivity contribution >= 4 is 27.5 Å². The average Bonchev–Trinajstić information content (AvgIpc) is 3.34. The zero-order chi connectivity index (χ0) is 32.1. The highest BCUT2D eigenvalue weighted by atomic mass is 32.2. The second-order valence-corrected chi connectivity index (χ2v) is 12.8. The molecule has 17 heteroatoms. The van der Waals surface area contributed by atoms with Gasteiger partial charge in [-0.15, -0.1) is 0 Å². The second kappa shape index (κ2) is 10.8. The zero-order valence-corrected chi connectivity index (χ0v) is 24.3. The normalized spacial score (nSPS) is 15.9. The fraction of sp³-hybridized carbons (Fsp3) is 0.423. The number of rotatable bonds is 8. The molecule has 2 N–H and O–H groups in total. The number of hydrogen-bond acceptors (Lipinski definition) is 8. The number of ether oxygens (including phenoxy) is 2. The molecule has 0 bridgehead atoms. The third kappa shape index (κ3) is 5.85. The van der Waals surface area contributed by atoms with E-state index in [1.807, 2.05) is 0 Å². The maximum atomic E-state index is 14.1. The minimum Gasteiger partial charge on any atom is -0.494 e. The highest BCUT2D eigenvalue weighted by molar-refractivity contribution is 7.92. The summed E-state index contributed by atoms with van der Waals surface area (Å²) in [5.74, 6) is -1.94. The van der Waals surface area contributed by atoms with Gasteiger partial charge >= 0.3 is 18.0 Å². The Morgan fingerprint density at radius 3 is 2.42 bits per heavy atom. The van der Waals surface area contributed by atoms with Crippen molar-refractivity contribution in [3.8, 4) is 11.5 Å². The number of methoxy groups -OCH3 is 1. The van der Waals surface area contributed by atoms with Gasteiger partial charge in [-0.1, -0.05) is 19.0 Å². The van der Waals surface area contributed by atoms with Gasteiger partial charge in [0.25, 0.3) is 10.0 Å². The molecule has 1 aromatic heterocycles. The molecule has 234 valence electrons. The van der Waals surface area contributed by atoms with Crippen molar-refractivity contribution in [1.29, 1.82) is 0 Å². The van der Waals surface area contributed by atoms with E-state index in [4.69, 9.17) is 9.47 Å². The summed E-state index contributed by atoms with van der Waals surface area (Å²) < 4.78 is 100. The van der Waals surface area contributed by atoms with Crippen LogP contribution < -0.4 is 24.4 Å². The van der Waals surface area contributed by atoms with E-state index in [-0.39, 0.29) is 34.3 Å². The van der Waals surface area contributed by atoms with E-state index in [2.05, 4.69) is 14.7 Å². The van der Waals surface area contributed by atoms with Crippen LogP contribution in [0.3, 0.4) is 0 Å². The van der Waals surface area contributed by atoms with Crippen molar-refractivity contribution in [3.05, 3.63) is 58.6 Å². The first-order valence-electron chi connectivity index (χ1n) is 12.6. The van der Waals surface area contributed by atoms with Crippen LogP contribution in [0, 0.1) is 5.82 Å². The number of hydrogen-bond donors (Lipinski definition) is 2. The first-order chi connectivity index (χ1) is 19.8. The van der Waals surface area contributed by atoms with E-state index < -0.39 is 68.1 Å². The lowest BCUT2D eigenvalue weighted by atomic mass is 9.85. The number of alkyl halides is 3. The number of sulfonamides is 1. The Labute approximate surface area is 242 Å². The Morgan fingerprint density at radius 1 is 1.19 bits per heavy atom. The van der Waals surface area contributed by atoms with Crippen LogP contribution in [0.5, 0.6) is 11.5 Å². The minimum atomic E-state index is -4.99. The predicted molar refractivity (Wildman–Crippen MR) is 144 cm³/mol. The molecule has 1 atom stereocenters. The number of nitrogens with one attached hydrogen (secondary N) is 1. The number of carbonyl (C=O) groups is 1. The van der Waals surface area contributed by atoms with Crippen molar-refractivity contribution in [3.63, 3.8) is 0 Å². The number of anilines is 2. The number of carboxylic acid groups (broad SMARTS) is 1. The third-order valence-corrected chi connectivity index (χ3v) is 8.88. The first kappa shape index (κ1) is 31.7. The van der Waals surface area contributed by atoms with E-state index in [1.165, 1.54) is 0 Å². The van der Waals surface area contributed by atoms with Crippen LogP contribution in [-0.4, -0.2) is 61.2 Å². The highest BCUT2D eigenvalue weighted by Crippen LogP contribution is 2.45. The predicted octanol–water partition coefficient (Wildman–Crippen LogP) is 4.66. The molecule has 4 rings (SSSR count). The fourth-order valence-corrected chi connectivity index (χ4v) is 6.20. The number of aromatic nitrogens is 2. The first-order valence-corrected chi connectivity index (χ1v) is 14.1. The summed E-state index contributed by atoms with van der Waals surface area (Å²) in [6.07, 6.45) is -7.77. The van der Waals surface area contributed by atoms with Gasteiger partial charge in [0.15, 0.2) is 17.4 Å². The van der Waals surface area contributed by atoms with Crippen molar-refractivity contribution in [2.75, 3.05) is 22.9 Å². The summed E-state index contributed by atoms with van der Waals surface area (Å²) in [7, 11) is -3.43. The maximum absolute atomic E-state index is 14.1. The Morgan fingerprint density at radius 2 is 1.86 bits per heavy atom. The Kier molecular flexibility index (Phi) is 7.93. The maximum Gasteiger partial charge on any atom is 0.438 e. The summed E-state index contributed by atoms with van der Waals surface area (Å²) in [6, 6.07) is 6.00. The van der Waals surface area contributed by atoms with Gasteiger partial charge in [0.2, 0.25) is 0 Å². The summed E-state index contributed by atoms with van der Waals surface area (Å²) in [5.41, 5.74) is -4.56. The largest absolute Gasteiger partial charge is 0.494 e. The lowest BCUT2D eigenvalue weighted by Gasteiger charge is -2.40. The molecule has 1 amide bonds. The van der Waals surface area contributed by atoms with Gasteiger partial charge in [-0.3, -0.25) is 18.7 Å². The molecule has 0 saturated carbocycles. The molecule has 0 fully saturated rings. The Balaban J connectivity index is 1.86. The van der Waals surface area contributed by atoms with Gasteiger partial charge in [0, 0.05) is 11.5 Å². The van der Waals surface area contributed by atoms with Gasteiger partial charge in [-0.05, 0) is 50.6 Å². The van der Waals surface area contributed by atoms with Crippen LogP contribution in [0.15, 0.2) is 50.6 Å². The summed E-state index contributed by atoms with van der Waals surface area (Å²) >= 11 is 0. The Bertz CT molecular complexity index is 1700. The van der Waals surface area contributed by atoms with Gasteiger partial charge < -0.3 is 14.6 Å². The van der Waals surface area contributed by atoms with Crippen LogP contribution in [-0.2, 0) is 15.4 Å². The number of nitrogens with zero attached hydrogens (tertiary/aromatic N) is 3. The molecule has 0 spiro atoms. The van der Waals surface area contributed by atoms with Gasteiger partial charge in [-0.25, -0.2) is 22.4 Å². The second-order valence-electron chi connectivity index (χ2n) is 10.9. The van der Waals surface area contributed by atoms with Crippen molar-refractivity contribution in [2.45, 2.75) is 62.2 Å². The summed E-state index contributed by atoms with van der Waals surface area (Å²) in [4.78, 5) is 25.7. The molecule has 1 aliphatic heterocycles. The zero-order valence-electron chi connectivity index (χ0n) is 23.5. The molecule has 0 unspecified atom stereocenters. The molecule has 0 radical (unpaired) electrons. The Hall–Kier alpha value is -4.28. The van der Waals surface area contributed by atoms with E-state index in [9.17, 15) is 40.7 Å². The van der Waals surface area contributed by atoms with Crippen LogP contribution in [0.4, 0.5) is 33.7 Å². The van der Waals surface area contributed by atoms with Crippen molar-refractivity contribution in [1.82, 2.24) is 10.1 Å². The van der Waals surface area contributed by atoms with E-state index in [0.29, 0.717) is 13.8 Å². The summed E-state index contributed by atoms with van der Waals surface area (Å²) in [6.45, 7) is 4.32. The molecule has 1 aliphatic rings. The molecule has 3 aromatic rings. The lowest BCUT2D eigenvalue weighted by molar-refractivity contribution is -0.175. The van der Waals surface area contributed by atoms with Gasteiger partial charge in [-0.2, -0.15) is 13.2 Å².